The zero-order chi connectivity index (χ0) is 20.5. The molecule has 0 saturated heterocycles. The number of nitrogens with zero attached hydrogens (tertiary/aromatic N) is 3. The minimum Gasteiger partial charge on any atom is -0.321 e. The number of aromatic nitrogens is 2. The van der Waals surface area contributed by atoms with Crippen LogP contribution in [0.5, 0.6) is 0 Å². The van der Waals surface area contributed by atoms with E-state index in [0.29, 0.717) is 30.1 Å². The quantitative estimate of drug-likeness (QED) is 0.709. The molecule has 29 heavy (non-hydrogen) atoms. The molecule has 1 N–H and O–H groups in total. The van der Waals surface area contributed by atoms with E-state index in [1.54, 1.807) is 4.40 Å². The molecule has 1 aliphatic rings. The average Bonchev–Trinajstić information content (AvgIpc) is 3.03. The van der Waals surface area contributed by atoms with Crippen LogP contribution in [0.4, 0.5) is 11.4 Å². The number of rotatable bonds is 5. The Morgan fingerprint density at radius 3 is 2.83 bits per heavy atom. The largest absolute Gasteiger partial charge is 0.321 e. The molecule has 6 nitrogen and oxygen atoms in total. The van der Waals surface area contributed by atoms with Crippen molar-refractivity contribution < 1.29 is 9.59 Å². The first-order valence-electron chi connectivity index (χ1n) is 10.1. The third kappa shape index (κ3) is 3.75. The predicted molar refractivity (Wildman–Crippen MR) is 114 cm³/mol. The number of carbonyl (C=O) groups is 2. The number of carbonyl (C=O) groups excluding carboxylic acids is 2. The summed E-state index contributed by atoms with van der Waals surface area (Å²) < 4.78 is 1.80. The summed E-state index contributed by atoms with van der Waals surface area (Å²) in [6, 6.07) is 11.5. The molecule has 3 aromatic rings. The molecule has 2 amide bonds. The van der Waals surface area contributed by atoms with Crippen molar-refractivity contribution in [2.75, 3.05) is 16.8 Å². The fourth-order valence-corrected chi connectivity index (χ4v) is 3.85. The van der Waals surface area contributed by atoms with E-state index in [9.17, 15) is 9.59 Å². The van der Waals surface area contributed by atoms with Gasteiger partial charge in [0.25, 0.3) is 5.91 Å². The van der Waals surface area contributed by atoms with E-state index >= 15 is 0 Å². The molecule has 0 fully saturated rings. The van der Waals surface area contributed by atoms with Crippen LogP contribution in [-0.4, -0.2) is 27.7 Å². The van der Waals surface area contributed by atoms with E-state index in [-0.39, 0.29) is 11.8 Å². The lowest BCUT2D eigenvalue weighted by Crippen LogP contribution is -2.36. The molecule has 6 heteroatoms. The molecule has 150 valence electrons. The fraction of sp³-hybridized carbons (Fsp3) is 0.348. The Bertz CT molecular complexity index is 1080. The van der Waals surface area contributed by atoms with Crippen LogP contribution >= 0.6 is 0 Å². The Balaban J connectivity index is 1.58. The van der Waals surface area contributed by atoms with Gasteiger partial charge in [-0.3, -0.25) is 14.0 Å². The second-order valence-corrected chi connectivity index (χ2v) is 8.00. The van der Waals surface area contributed by atoms with Crippen LogP contribution < -0.4 is 10.2 Å². The first-order chi connectivity index (χ1) is 13.9. The SMILES string of the molecule is Cc1nc2ccccn2c1C(=O)Nc1ccc2c(c1)CCC(=O)N2CCC(C)C. The van der Waals surface area contributed by atoms with Crippen LogP contribution in [0.1, 0.15) is 48.4 Å². The van der Waals surface area contributed by atoms with Gasteiger partial charge in [-0.05, 0) is 61.6 Å². The van der Waals surface area contributed by atoms with E-state index in [2.05, 4.69) is 24.1 Å². The molecule has 0 atom stereocenters. The molecule has 2 aromatic heterocycles. The summed E-state index contributed by atoms with van der Waals surface area (Å²) in [7, 11) is 0. The maximum Gasteiger partial charge on any atom is 0.274 e. The van der Waals surface area contributed by atoms with Gasteiger partial charge >= 0.3 is 0 Å². The lowest BCUT2D eigenvalue weighted by Gasteiger charge is -2.30. The number of nitrogens with one attached hydrogen (secondary N) is 1. The van der Waals surface area contributed by atoms with Crippen LogP contribution in [0.3, 0.4) is 0 Å². The Morgan fingerprint density at radius 2 is 2.03 bits per heavy atom. The summed E-state index contributed by atoms with van der Waals surface area (Å²) in [4.78, 5) is 31.7. The molecule has 0 saturated carbocycles. The molecular weight excluding hydrogens is 364 g/mol. The fourth-order valence-electron chi connectivity index (χ4n) is 3.85. The van der Waals surface area contributed by atoms with Crippen LogP contribution in [0, 0.1) is 12.8 Å². The van der Waals surface area contributed by atoms with Gasteiger partial charge in [0, 0.05) is 30.5 Å². The van der Waals surface area contributed by atoms with Crippen LogP contribution in [0.25, 0.3) is 5.65 Å². The topological polar surface area (TPSA) is 66.7 Å². The molecule has 3 heterocycles. The molecule has 0 bridgehead atoms. The monoisotopic (exact) mass is 390 g/mol. The molecule has 0 radical (unpaired) electrons. The van der Waals surface area contributed by atoms with E-state index in [4.69, 9.17) is 0 Å². The first kappa shape index (κ1) is 19.2. The number of fused-ring (bicyclic) bond motifs is 2. The Labute approximate surface area is 170 Å². The number of anilines is 2. The smallest absolute Gasteiger partial charge is 0.274 e. The number of pyridine rings is 1. The van der Waals surface area contributed by atoms with Crippen LogP contribution in [-0.2, 0) is 11.2 Å². The summed E-state index contributed by atoms with van der Waals surface area (Å²) in [6.07, 6.45) is 4.02. The highest BCUT2D eigenvalue weighted by molar-refractivity contribution is 6.05. The Hall–Kier alpha value is -3.15. The standard InChI is InChI=1S/C23H26N4O2/c1-15(2)11-13-26-19-9-8-18(14-17(19)7-10-21(26)28)25-23(29)22-16(3)24-20-6-4-5-12-27(20)22/h4-6,8-9,12,14-15H,7,10-11,13H2,1-3H3,(H,25,29). The van der Waals surface area contributed by atoms with Crippen molar-refractivity contribution >= 4 is 28.8 Å². The van der Waals surface area contributed by atoms with Crippen LogP contribution in [0.15, 0.2) is 42.6 Å². The maximum atomic E-state index is 12.9. The third-order valence-corrected chi connectivity index (χ3v) is 5.39. The highest BCUT2D eigenvalue weighted by atomic mass is 16.2. The van der Waals surface area contributed by atoms with E-state index in [0.717, 1.165) is 35.6 Å². The van der Waals surface area contributed by atoms with E-state index < -0.39 is 0 Å². The van der Waals surface area contributed by atoms with Crippen molar-refractivity contribution in [3.05, 3.63) is 59.5 Å². The minimum atomic E-state index is -0.190. The number of hydrogen-bond donors (Lipinski definition) is 1. The number of imidazole rings is 1. The molecule has 0 unspecified atom stereocenters. The second-order valence-electron chi connectivity index (χ2n) is 8.00. The Kier molecular flexibility index (Phi) is 5.09. The van der Waals surface area contributed by atoms with Gasteiger partial charge in [-0.1, -0.05) is 19.9 Å². The summed E-state index contributed by atoms with van der Waals surface area (Å²) in [6.45, 7) is 6.90. The van der Waals surface area contributed by atoms with Gasteiger partial charge in [0.1, 0.15) is 11.3 Å². The second kappa shape index (κ2) is 7.70. The van der Waals surface area contributed by atoms with Gasteiger partial charge in [0.2, 0.25) is 5.91 Å². The zero-order valence-electron chi connectivity index (χ0n) is 17.1. The lowest BCUT2D eigenvalue weighted by molar-refractivity contribution is -0.118. The van der Waals surface area contributed by atoms with Gasteiger partial charge in [-0.2, -0.15) is 0 Å². The highest BCUT2D eigenvalue weighted by Crippen LogP contribution is 2.31. The highest BCUT2D eigenvalue weighted by Gasteiger charge is 2.25. The number of amides is 2. The molecule has 0 aliphatic carbocycles. The average molecular weight is 390 g/mol. The predicted octanol–water partition coefficient (Wildman–Crippen LogP) is 4.22. The van der Waals surface area contributed by atoms with Crippen molar-refractivity contribution in [3.63, 3.8) is 0 Å². The van der Waals surface area contributed by atoms with Crippen LogP contribution in [0.2, 0.25) is 0 Å². The third-order valence-electron chi connectivity index (χ3n) is 5.39. The van der Waals surface area contributed by atoms with Crippen molar-refractivity contribution in [3.8, 4) is 0 Å². The summed E-state index contributed by atoms with van der Waals surface area (Å²) in [5.74, 6) is 0.529. The molecule has 1 aliphatic heterocycles. The van der Waals surface area contributed by atoms with E-state index in [1.807, 2.05) is 54.4 Å². The number of hydrogen-bond acceptors (Lipinski definition) is 3. The van der Waals surface area contributed by atoms with Crippen molar-refractivity contribution in [1.29, 1.82) is 0 Å². The van der Waals surface area contributed by atoms with Crippen molar-refractivity contribution in [2.45, 2.75) is 40.0 Å². The van der Waals surface area contributed by atoms with Gasteiger partial charge in [-0.15, -0.1) is 0 Å². The summed E-state index contributed by atoms with van der Waals surface area (Å²) in [5.41, 5.74) is 4.77. The van der Waals surface area contributed by atoms with Gasteiger partial charge < -0.3 is 10.2 Å². The van der Waals surface area contributed by atoms with Crippen molar-refractivity contribution in [2.24, 2.45) is 5.92 Å². The van der Waals surface area contributed by atoms with Gasteiger partial charge in [0.05, 0.1) is 5.69 Å². The molecule has 0 spiro atoms. The molecule has 4 rings (SSSR count). The summed E-state index contributed by atoms with van der Waals surface area (Å²) in [5, 5.41) is 3.00. The zero-order valence-corrected chi connectivity index (χ0v) is 17.1. The summed E-state index contributed by atoms with van der Waals surface area (Å²) >= 11 is 0. The first-order valence-corrected chi connectivity index (χ1v) is 10.1. The lowest BCUT2D eigenvalue weighted by atomic mass is 9.99. The molecule has 1 aromatic carbocycles. The Morgan fingerprint density at radius 1 is 1.21 bits per heavy atom. The normalized spacial score (nSPS) is 13.8. The van der Waals surface area contributed by atoms with Gasteiger partial charge in [-0.25, -0.2) is 4.98 Å². The number of benzene rings is 1. The number of aryl methyl sites for hydroxylation is 2. The van der Waals surface area contributed by atoms with E-state index in [1.165, 1.54) is 0 Å². The van der Waals surface area contributed by atoms with Crippen molar-refractivity contribution in [1.82, 2.24) is 9.38 Å². The minimum absolute atomic E-state index is 0.177. The molecular formula is C23H26N4O2. The van der Waals surface area contributed by atoms with Gasteiger partial charge in [0.15, 0.2) is 0 Å². The maximum absolute atomic E-state index is 12.9.